The van der Waals surface area contributed by atoms with Crippen LogP contribution in [-0.2, 0) is 6.42 Å². The normalized spacial score (nSPS) is 23.4. The van der Waals surface area contributed by atoms with E-state index in [0.717, 1.165) is 38.0 Å². The lowest BCUT2D eigenvalue weighted by molar-refractivity contribution is -0.139. The smallest absolute Gasteiger partial charge is 0.392 e. The van der Waals surface area contributed by atoms with Crippen molar-refractivity contribution in [3.8, 4) is 11.5 Å². The number of ether oxygens (including phenoxy) is 2. The molecule has 3 rings (SSSR count). The van der Waals surface area contributed by atoms with Gasteiger partial charge in [0.25, 0.3) is 0 Å². The molecule has 0 saturated carbocycles. The predicted octanol–water partition coefficient (Wildman–Crippen LogP) is 4.68. The number of methoxy groups -OCH3 is 1. The Balaban J connectivity index is 1.77. The second-order valence-electron chi connectivity index (χ2n) is 9.53. The van der Waals surface area contributed by atoms with Crippen LogP contribution in [0, 0.1) is 5.41 Å². The number of rotatable bonds is 5. The van der Waals surface area contributed by atoms with Gasteiger partial charge in [-0.2, -0.15) is 13.2 Å². The second-order valence-corrected chi connectivity index (χ2v) is 9.53. The fourth-order valence-corrected chi connectivity index (χ4v) is 4.50. The van der Waals surface area contributed by atoms with E-state index in [1.807, 2.05) is 12.1 Å². The number of hydrogen-bond donors (Lipinski definition) is 0. The zero-order valence-electron chi connectivity index (χ0n) is 18.1. The van der Waals surface area contributed by atoms with Gasteiger partial charge in [0, 0.05) is 31.7 Å². The monoisotopic (exact) mass is 414 g/mol. The van der Waals surface area contributed by atoms with Gasteiger partial charge in [-0.25, -0.2) is 0 Å². The van der Waals surface area contributed by atoms with Crippen molar-refractivity contribution in [2.75, 3.05) is 40.4 Å². The molecule has 0 radical (unpaired) electrons. The summed E-state index contributed by atoms with van der Waals surface area (Å²) in [4.78, 5) is 4.99. The molecule has 0 amide bonds. The summed E-state index contributed by atoms with van der Waals surface area (Å²) in [7, 11) is 3.72. The Labute approximate surface area is 172 Å². The van der Waals surface area contributed by atoms with Crippen molar-refractivity contribution >= 4 is 0 Å². The maximum atomic E-state index is 12.4. The summed E-state index contributed by atoms with van der Waals surface area (Å²) in [6.45, 7) is 9.37. The van der Waals surface area contributed by atoms with Crippen molar-refractivity contribution in [3.63, 3.8) is 0 Å². The number of benzene rings is 1. The minimum Gasteiger partial charge on any atom is -0.493 e. The number of alkyl halides is 3. The van der Waals surface area contributed by atoms with E-state index in [1.165, 1.54) is 12.7 Å². The summed E-state index contributed by atoms with van der Waals surface area (Å²) in [5, 5.41) is 0. The van der Waals surface area contributed by atoms with Crippen LogP contribution in [0.3, 0.4) is 0 Å². The van der Waals surface area contributed by atoms with Gasteiger partial charge in [0.2, 0.25) is 0 Å². The van der Waals surface area contributed by atoms with E-state index in [0.29, 0.717) is 17.5 Å². The standard InChI is InChI=1S/C22H33F3N2O2/c1-21(2,3)12-16-13-27-8-6-15-10-20(29-9-7-22(23,24)25)19(28-5)11-17(15)18(27)14-26(16)4/h10-11,16,18H,6-9,12-14H2,1-5H3/t16-,18?/m1/s1. The molecule has 1 saturated heterocycles. The third-order valence-electron chi connectivity index (χ3n) is 5.91. The van der Waals surface area contributed by atoms with Gasteiger partial charge in [-0.3, -0.25) is 4.90 Å². The van der Waals surface area contributed by atoms with Crippen molar-refractivity contribution in [2.45, 2.75) is 58.3 Å². The third-order valence-corrected chi connectivity index (χ3v) is 5.91. The van der Waals surface area contributed by atoms with Crippen LogP contribution < -0.4 is 9.47 Å². The van der Waals surface area contributed by atoms with Gasteiger partial charge in [-0.05, 0) is 48.6 Å². The Morgan fingerprint density at radius 3 is 2.45 bits per heavy atom. The van der Waals surface area contributed by atoms with Crippen molar-refractivity contribution in [2.24, 2.45) is 5.41 Å². The summed E-state index contributed by atoms with van der Waals surface area (Å²) >= 11 is 0. The Morgan fingerprint density at radius 1 is 1.10 bits per heavy atom. The lowest BCUT2D eigenvalue weighted by Gasteiger charge is -2.49. The highest BCUT2D eigenvalue weighted by Crippen LogP contribution is 2.41. The lowest BCUT2D eigenvalue weighted by Crippen LogP contribution is -2.55. The molecule has 0 N–H and O–H groups in total. The Bertz CT molecular complexity index is 715. The van der Waals surface area contributed by atoms with Crippen molar-refractivity contribution in [3.05, 3.63) is 23.3 Å². The van der Waals surface area contributed by atoms with Gasteiger partial charge < -0.3 is 14.4 Å². The molecule has 1 unspecified atom stereocenters. The Hall–Kier alpha value is -1.47. The molecule has 0 spiro atoms. The zero-order chi connectivity index (χ0) is 21.4. The van der Waals surface area contributed by atoms with Crippen LogP contribution in [0.25, 0.3) is 0 Å². The molecule has 0 aromatic heterocycles. The molecule has 164 valence electrons. The number of fused-ring (bicyclic) bond motifs is 3. The Kier molecular flexibility index (Phi) is 6.39. The highest BCUT2D eigenvalue weighted by Gasteiger charge is 2.38. The topological polar surface area (TPSA) is 24.9 Å². The molecule has 1 aromatic rings. The van der Waals surface area contributed by atoms with Gasteiger partial charge in [0.1, 0.15) is 0 Å². The number of halogens is 3. The third kappa shape index (κ3) is 5.57. The fraction of sp³-hybridized carbons (Fsp3) is 0.727. The van der Waals surface area contributed by atoms with E-state index in [1.54, 1.807) is 0 Å². The lowest BCUT2D eigenvalue weighted by atomic mass is 9.84. The Morgan fingerprint density at radius 2 is 1.83 bits per heavy atom. The van der Waals surface area contributed by atoms with Crippen LogP contribution in [0.15, 0.2) is 12.1 Å². The van der Waals surface area contributed by atoms with Crippen molar-refractivity contribution in [1.82, 2.24) is 9.80 Å². The number of likely N-dealkylation sites (N-methyl/N-ethyl adjacent to an activating group) is 1. The average molecular weight is 415 g/mol. The first-order chi connectivity index (χ1) is 13.5. The second kappa shape index (κ2) is 8.34. The quantitative estimate of drug-likeness (QED) is 0.699. The first kappa shape index (κ1) is 22.2. The van der Waals surface area contributed by atoms with Crippen LogP contribution in [0.4, 0.5) is 13.2 Å². The molecular weight excluding hydrogens is 381 g/mol. The molecule has 1 aromatic carbocycles. The summed E-state index contributed by atoms with van der Waals surface area (Å²) in [5.41, 5.74) is 2.64. The summed E-state index contributed by atoms with van der Waals surface area (Å²) in [6.07, 6.45) is -3.17. The molecule has 2 heterocycles. The molecule has 4 nitrogen and oxygen atoms in total. The number of nitrogens with zero attached hydrogens (tertiary/aromatic N) is 2. The van der Waals surface area contributed by atoms with Crippen LogP contribution >= 0.6 is 0 Å². The number of piperazine rings is 1. The maximum absolute atomic E-state index is 12.4. The first-order valence-electron chi connectivity index (χ1n) is 10.3. The average Bonchev–Trinajstić information content (AvgIpc) is 2.59. The van der Waals surface area contributed by atoms with E-state index in [2.05, 4.69) is 37.6 Å². The molecule has 2 aliphatic rings. The van der Waals surface area contributed by atoms with Gasteiger partial charge in [0.15, 0.2) is 11.5 Å². The van der Waals surface area contributed by atoms with Crippen LogP contribution in [0.1, 0.15) is 50.8 Å². The largest absolute Gasteiger partial charge is 0.493 e. The summed E-state index contributed by atoms with van der Waals surface area (Å²) in [5.74, 6) is 0.908. The van der Waals surface area contributed by atoms with Crippen LogP contribution in [0.5, 0.6) is 11.5 Å². The first-order valence-corrected chi connectivity index (χ1v) is 10.3. The van der Waals surface area contributed by atoms with E-state index in [9.17, 15) is 13.2 Å². The molecule has 0 aliphatic carbocycles. The summed E-state index contributed by atoms with van der Waals surface area (Å²) in [6, 6.07) is 4.65. The van der Waals surface area contributed by atoms with Gasteiger partial charge in [0.05, 0.1) is 20.1 Å². The highest BCUT2D eigenvalue weighted by atomic mass is 19.4. The molecular formula is C22H33F3N2O2. The molecule has 2 atom stereocenters. The minimum atomic E-state index is -4.22. The molecule has 0 bridgehead atoms. The SMILES string of the molecule is COc1cc2c(cc1OCCC(F)(F)F)CCN1C[C@@H](CC(C)(C)C)N(C)CC21. The summed E-state index contributed by atoms with van der Waals surface area (Å²) < 4.78 is 48.2. The van der Waals surface area contributed by atoms with E-state index >= 15 is 0 Å². The molecule has 29 heavy (non-hydrogen) atoms. The van der Waals surface area contributed by atoms with Gasteiger partial charge >= 0.3 is 6.18 Å². The fourth-order valence-electron chi connectivity index (χ4n) is 4.50. The molecule has 2 aliphatic heterocycles. The maximum Gasteiger partial charge on any atom is 0.392 e. The van der Waals surface area contributed by atoms with E-state index in [-0.39, 0.29) is 11.5 Å². The highest BCUT2D eigenvalue weighted by molar-refractivity contribution is 5.49. The molecule has 1 fully saturated rings. The van der Waals surface area contributed by atoms with Gasteiger partial charge in [-0.15, -0.1) is 0 Å². The van der Waals surface area contributed by atoms with E-state index in [4.69, 9.17) is 9.47 Å². The molecule has 7 heteroatoms. The predicted molar refractivity (Wildman–Crippen MR) is 108 cm³/mol. The van der Waals surface area contributed by atoms with Crippen LogP contribution in [0.2, 0.25) is 0 Å². The van der Waals surface area contributed by atoms with Crippen molar-refractivity contribution in [1.29, 1.82) is 0 Å². The van der Waals surface area contributed by atoms with Gasteiger partial charge in [-0.1, -0.05) is 20.8 Å². The van der Waals surface area contributed by atoms with Crippen LogP contribution in [-0.4, -0.2) is 62.4 Å². The minimum absolute atomic E-state index is 0.276. The zero-order valence-corrected chi connectivity index (χ0v) is 18.1. The van der Waals surface area contributed by atoms with E-state index < -0.39 is 19.2 Å². The number of hydrogen-bond acceptors (Lipinski definition) is 4. The van der Waals surface area contributed by atoms with Crippen molar-refractivity contribution < 1.29 is 22.6 Å².